The number of nitrogens with zero attached hydrogens (tertiary/aromatic N) is 1. The van der Waals surface area contributed by atoms with Gasteiger partial charge in [-0.1, -0.05) is 38.3 Å². The van der Waals surface area contributed by atoms with E-state index in [1.165, 1.54) is 19.3 Å². The lowest BCUT2D eigenvalue weighted by Crippen LogP contribution is -2.35. The van der Waals surface area contributed by atoms with Gasteiger partial charge in [0.2, 0.25) is 0 Å². The number of hydrogen-bond acceptors (Lipinski definition) is 2. The highest BCUT2D eigenvalue weighted by atomic mass is 79.9. The molecule has 1 N–H and O–H groups in total. The molecule has 1 aliphatic rings. The molecule has 0 radical (unpaired) electrons. The average molecular weight is 318 g/mol. The maximum Gasteiger partial charge on any atom is 0.145 e. The molecular weight excluding hydrogens is 300 g/mol. The fourth-order valence-corrected chi connectivity index (χ4v) is 3.17. The van der Waals surface area contributed by atoms with E-state index in [1.807, 2.05) is 6.07 Å². The molecule has 0 spiro atoms. The first-order valence-electron chi connectivity index (χ1n) is 6.15. The summed E-state index contributed by atoms with van der Waals surface area (Å²) in [5.74, 6) is 2.25. The van der Waals surface area contributed by atoms with E-state index in [9.17, 15) is 0 Å². The maximum atomic E-state index is 6.18. The van der Waals surface area contributed by atoms with Gasteiger partial charge in [-0.05, 0) is 40.3 Å². The van der Waals surface area contributed by atoms with Crippen LogP contribution in [0, 0.1) is 11.8 Å². The molecule has 94 valence electrons. The molecular formula is C13H18BrClN2. The number of aromatic nitrogens is 1. The Kier molecular flexibility index (Phi) is 4.31. The number of rotatable bonds is 2. The van der Waals surface area contributed by atoms with Crippen LogP contribution in [0.3, 0.4) is 0 Å². The van der Waals surface area contributed by atoms with E-state index in [0.29, 0.717) is 17.0 Å². The Labute approximate surface area is 116 Å². The lowest BCUT2D eigenvalue weighted by Gasteiger charge is -2.35. The second kappa shape index (κ2) is 5.57. The van der Waals surface area contributed by atoms with Crippen molar-refractivity contribution in [2.24, 2.45) is 11.8 Å². The summed E-state index contributed by atoms with van der Waals surface area (Å²) in [7, 11) is 0. The summed E-state index contributed by atoms with van der Waals surface area (Å²) in [6.45, 7) is 4.64. The first kappa shape index (κ1) is 13.2. The molecule has 1 aliphatic carbocycles. The molecule has 17 heavy (non-hydrogen) atoms. The Morgan fingerprint density at radius 2 is 2.18 bits per heavy atom. The first-order chi connectivity index (χ1) is 8.08. The Bertz CT molecular complexity index is 397. The van der Waals surface area contributed by atoms with Crippen LogP contribution in [0.25, 0.3) is 0 Å². The summed E-state index contributed by atoms with van der Waals surface area (Å²) in [6.07, 6.45) is 5.61. The lowest BCUT2D eigenvalue weighted by molar-refractivity contribution is 0.253. The van der Waals surface area contributed by atoms with Gasteiger partial charge in [-0.25, -0.2) is 4.98 Å². The smallest absolute Gasteiger partial charge is 0.145 e. The van der Waals surface area contributed by atoms with Crippen LogP contribution < -0.4 is 5.32 Å². The van der Waals surface area contributed by atoms with E-state index < -0.39 is 0 Å². The van der Waals surface area contributed by atoms with Crippen molar-refractivity contribution < 1.29 is 0 Å². The average Bonchev–Trinajstić information content (AvgIpc) is 2.28. The van der Waals surface area contributed by atoms with Crippen LogP contribution in [0.2, 0.25) is 5.02 Å². The van der Waals surface area contributed by atoms with Crippen LogP contribution in [0.1, 0.15) is 33.1 Å². The highest BCUT2D eigenvalue weighted by molar-refractivity contribution is 9.10. The SMILES string of the molecule is CC1CCCC(Nc2ncc(Br)cc2Cl)C1C. The van der Waals surface area contributed by atoms with Gasteiger partial charge >= 0.3 is 0 Å². The van der Waals surface area contributed by atoms with Crippen molar-refractivity contribution in [2.45, 2.75) is 39.2 Å². The fourth-order valence-electron chi connectivity index (χ4n) is 2.48. The van der Waals surface area contributed by atoms with E-state index >= 15 is 0 Å². The zero-order valence-corrected chi connectivity index (χ0v) is 12.6. The molecule has 1 saturated carbocycles. The third kappa shape index (κ3) is 3.14. The third-order valence-corrected chi connectivity index (χ3v) is 4.56. The molecule has 0 aromatic carbocycles. The minimum atomic E-state index is 0.491. The van der Waals surface area contributed by atoms with Crippen LogP contribution >= 0.6 is 27.5 Å². The van der Waals surface area contributed by atoms with Crippen molar-refractivity contribution in [2.75, 3.05) is 5.32 Å². The molecule has 2 rings (SSSR count). The van der Waals surface area contributed by atoms with Gasteiger partial charge in [0.1, 0.15) is 5.82 Å². The van der Waals surface area contributed by atoms with Gasteiger partial charge in [-0.2, -0.15) is 0 Å². The first-order valence-corrected chi connectivity index (χ1v) is 7.32. The zero-order valence-electron chi connectivity index (χ0n) is 10.2. The highest BCUT2D eigenvalue weighted by Crippen LogP contribution is 2.33. The fraction of sp³-hybridized carbons (Fsp3) is 0.615. The zero-order chi connectivity index (χ0) is 12.4. The molecule has 0 amide bonds. The molecule has 1 fully saturated rings. The van der Waals surface area contributed by atoms with Gasteiger partial charge in [0.25, 0.3) is 0 Å². The molecule has 0 bridgehead atoms. The summed E-state index contributed by atoms with van der Waals surface area (Å²) in [5, 5.41) is 4.18. The van der Waals surface area contributed by atoms with Crippen LogP contribution in [0.4, 0.5) is 5.82 Å². The molecule has 4 heteroatoms. The Morgan fingerprint density at radius 1 is 1.41 bits per heavy atom. The van der Waals surface area contributed by atoms with Crippen LogP contribution in [-0.2, 0) is 0 Å². The van der Waals surface area contributed by atoms with Gasteiger partial charge in [-0.3, -0.25) is 0 Å². The minimum Gasteiger partial charge on any atom is -0.366 e. The van der Waals surface area contributed by atoms with Crippen LogP contribution in [0.15, 0.2) is 16.7 Å². The molecule has 1 aromatic rings. The number of anilines is 1. The molecule has 2 nitrogen and oxygen atoms in total. The normalized spacial score (nSPS) is 29.1. The Balaban J connectivity index is 2.09. The van der Waals surface area contributed by atoms with Gasteiger partial charge in [0.15, 0.2) is 0 Å². The highest BCUT2D eigenvalue weighted by Gasteiger charge is 2.27. The number of nitrogens with one attached hydrogen (secondary N) is 1. The second-order valence-corrected chi connectivity index (χ2v) is 6.32. The van der Waals surface area contributed by atoms with E-state index in [0.717, 1.165) is 16.2 Å². The summed E-state index contributed by atoms with van der Waals surface area (Å²) in [4.78, 5) is 4.34. The largest absolute Gasteiger partial charge is 0.366 e. The Hall–Kier alpha value is -0.280. The van der Waals surface area contributed by atoms with Crippen LogP contribution in [0.5, 0.6) is 0 Å². The molecule has 3 unspecified atom stereocenters. The number of halogens is 2. The quantitative estimate of drug-likeness (QED) is 0.852. The van der Waals surface area contributed by atoms with Crippen molar-refractivity contribution in [3.63, 3.8) is 0 Å². The molecule has 1 aromatic heterocycles. The predicted octanol–water partition coefficient (Wildman–Crippen LogP) is 4.73. The standard InChI is InChI=1S/C13H18BrClN2/c1-8-4-3-5-12(9(8)2)17-13-11(15)6-10(14)7-16-13/h6-9,12H,3-5H2,1-2H3,(H,16,17). The topological polar surface area (TPSA) is 24.9 Å². The van der Waals surface area contributed by atoms with E-state index in [-0.39, 0.29) is 0 Å². The molecule has 3 atom stereocenters. The Morgan fingerprint density at radius 3 is 2.88 bits per heavy atom. The second-order valence-electron chi connectivity index (χ2n) is 5.00. The summed E-state index contributed by atoms with van der Waals surface area (Å²) < 4.78 is 0.915. The summed E-state index contributed by atoms with van der Waals surface area (Å²) >= 11 is 9.55. The van der Waals surface area contributed by atoms with Gasteiger partial charge in [0, 0.05) is 16.7 Å². The van der Waals surface area contributed by atoms with Gasteiger partial charge in [-0.15, -0.1) is 0 Å². The van der Waals surface area contributed by atoms with Crippen LogP contribution in [-0.4, -0.2) is 11.0 Å². The maximum absolute atomic E-state index is 6.18. The van der Waals surface area contributed by atoms with Crippen molar-refractivity contribution in [1.29, 1.82) is 0 Å². The summed E-state index contributed by atoms with van der Waals surface area (Å²) in [6, 6.07) is 2.37. The minimum absolute atomic E-state index is 0.491. The van der Waals surface area contributed by atoms with Crippen molar-refractivity contribution in [1.82, 2.24) is 4.98 Å². The molecule has 0 aliphatic heterocycles. The van der Waals surface area contributed by atoms with E-state index in [4.69, 9.17) is 11.6 Å². The van der Waals surface area contributed by atoms with Gasteiger partial charge in [0.05, 0.1) is 5.02 Å². The van der Waals surface area contributed by atoms with Crippen molar-refractivity contribution in [3.05, 3.63) is 21.8 Å². The molecule has 1 heterocycles. The lowest BCUT2D eigenvalue weighted by atomic mass is 9.78. The molecule has 0 saturated heterocycles. The number of hydrogen-bond donors (Lipinski definition) is 1. The van der Waals surface area contributed by atoms with E-state index in [2.05, 4.69) is 40.1 Å². The third-order valence-electron chi connectivity index (χ3n) is 3.84. The van der Waals surface area contributed by atoms with E-state index in [1.54, 1.807) is 6.20 Å². The van der Waals surface area contributed by atoms with Crippen molar-refractivity contribution in [3.8, 4) is 0 Å². The summed E-state index contributed by atoms with van der Waals surface area (Å²) in [5.41, 5.74) is 0. The predicted molar refractivity (Wildman–Crippen MR) is 76.5 cm³/mol. The monoisotopic (exact) mass is 316 g/mol. The van der Waals surface area contributed by atoms with Gasteiger partial charge < -0.3 is 5.32 Å². The number of pyridine rings is 1. The van der Waals surface area contributed by atoms with Crippen molar-refractivity contribution >= 4 is 33.3 Å².